The monoisotopic (exact) mass is 490 g/mol. The molecule has 0 aliphatic carbocycles. The van der Waals surface area contributed by atoms with Crippen LogP contribution in [0.15, 0.2) is 81.3 Å². The maximum absolute atomic E-state index is 13.1. The van der Waals surface area contributed by atoms with Gasteiger partial charge >= 0.3 is 0 Å². The van der Waals surface area contributed by atoms with E-state index in [1.165, 1.54) is 9.47 Å². The third-order valence-electron chi connectivity index (χ3n) is 5.52. The lowest BCUT2D eigenvalue weighted by molar-refractivity contribution is -0.131. The number of fused-ring (bicyclic) bond motifs is 1. The summed E-state index contributed by atoms with van der Waals surface area (Å²) in [5.74, 6) is 0.114. The lowest BCUT2D eigenvalue weighted by Crippen LogP contribution is -2.36. The maximum Gasteiger partial charge on any atom is 0.262 e. The first-order valence-electron chi connectivity index (χ1n) is 11.2. The molecule has 180 valence electrons. The number of likely N-dealkylation sites (N-methyl/N-ethyl adjacent to an activating group) is 1. The first-order valence-corrected chi connectivity index (χ1v) is 12.2. The summed E-state index contributed by atoms with van der Waals surface area (Å²) in [7, 11) is 1.58. The van der Waals surface area contributed by atoms with Crippen molar-refractivity contribution >= 4 is 40.2 Å². The first-order chi connectivity index (χ1) is 17.0. The third-order valence-corrected chi connectivity index (χ3v) is 6.49. The van der Waals surface area contributed by atoms with E-state index >= 15 is 0 Å². The zero-order chi connectivity index (χ0) is 24.8. The van der Waals surface area contributed by atoms with Crippen molar-refractivity contribution in [2.24, 2.45) is 0 Å². The topological polar surface area (TPSA) is 97.4 Å². The summed E-state index contributed by atoms with van der Waals surface area (Å²) in [6.45, 7) is 2.14. The molecule has 4 rings (SSSR count). The molecule has 9 heteroatoms. The number of furan rings is 1. The Bertz CT molecular complexity index is 1400. The molecule has 0 bridgehead atoms. The molecule has 2 heterocycles. The second-order valence-electron chi connectivity index (χ2n) is 7.98. The number of para-hydroxylation sites is 2. The molecule has 0 saturated heterocycles. The summed E-state index contributed by atoms with van der Waals surface area (Å²) in [6, 6.07) is 18.2. The van der Waals surface area contributed by atoms with Crippen LogP contribution < -0.4 is 10.9 Å². The number of aryl methyl sites for hydroxylation is 1. The van der Waals surface area contributed by atoms with Crippen molar-refractivity contribution < 1.29 is 14.0 Å². The van der Waals surface area contributed by atoms with Gasteiger partial charge in [0.05, 0.1) is 36.0 Å². The van der Waals surface area contributed by atoms with Crippen molar-refractivity contribution in [3.05, 3.63) is 88.6 Å². The van der Waals surface area contributed by atoms with Gasteiger partial charge in [0.15, 0.2) is 5.16 Å². The van der Waals surface area contributed by atoms with Crippen molar-refractivity contribution in [3.63, 3.8) is 0 Å². The van der Waals surface area contributed by atoms with E-state index in [0.29, 0.717) is 21.8 Å². The molecule has 0 atom stereocenters. The maximum atomic E-state index is 13.1. The fourth-order valence-electron chi connectivity index (χ4n) is 3.64. The van der Waals surface area contributed by atoms with Crippen molar-refractivity contribution in [1.29, 1.82) is 0 Å². The van der Waals surface area contributed by atoms with Crippen LogP contribution in [0.25, 0.3) is 10.9 Å². The van der Waals surface area contributed by atoms with Gasteiger partial charge in [-0.2, -0.15) is 0 Å². The third kappa shape index (κ3) is 5.81. The number of amides is 2. The number of hydrogen-bond donors (Lipinski definition) is 1. The molecule has 0 aliphatic rings. The fourth-order valence-corrected chi connectivity index (χ4v) is 4.58. The molecule has 4 aromatic rings. The van der Waals surface area contributed by atoms with E-state index in [1.807, 2.05) is 37.3 Å². The minimum Gasteiger partial charge on any atom is -0.467 e. The van der Waals surface area contributed by atoms with E-state index in [2.05, 4.69) is 10.3 Å². The molecule has 0 aliphatic heterocycles. The second kappa shape index (κ2) is 11.1. The van der Waals surface area contributed by atoms with Gasteiger partial charge in [-0.1, -0.05) is 49.0 Å². The summed E-state index contributed by atoms with van der Waals surface area (Å²) in [6.07, 6.45) is 2.34. The van der Waals surface area contributed by atoms with Gasteiger partial charge in [-0.05, 0) is 42.3 Å². The van der Waals surface area contributed by atoms with Gasteiger partial charge in [0.2, 0.25) is 11.8 Å². The number of carbonyl (C=O) groups is 2. The van der Waals surface area contributed by atoms with Crippen molar-refractivity contribution in [1.82, 2.24) is 14.5 Å². The molecule has 2 amide bonds. The number of benzene rings is 2. The highest BCUT2D eigenvalue weighted by molar-refractivity contribution is 7.99. The molecule has 8 nitrogen and oxygen atoms in total. The molecular weight excluding hydrogens is 464 g/mol. The lowest BCUT2D eigenvalue weighted by atomic mass is 10.1. The average Bonchev–Trinajstić information content (AvgIpc) is 3.38. The van der Waals surface area contributed by atoms with Crippen LogP contribution in [0.5, 0.6) is 0 Å². The van der Waals surface area contributed by atoms with E-state index in [4.69, 9.17) is 4.42 Å². The summed E-state index contributed by atoms with van der Waals surface area (Å²) < 4.78 is 6.92. The van der Waals surface area contributed by atoms with Gasteiger partial charge in [0.1, 0.15) is 5.76 Å². The highest BCUT2D eigenvalue weighted by atomic mass is 32.2. The number of nitrogens with zero attached hydrogens (tertiary/aromatic N) is 3. The van der Waals surface area contributed by atoms with Crippen LogP contribution >= 0.6 is 11.8 Å². The van der Waals surface area contributed by atoms with Crippen LogP contribution in [0, 0.1) is 0 Å². The number of thioether (sulfide) groups is 1. The lowest BCUT2D eigenvalue weighted by Gasteiger charge is -2.18. The molecule has 0 fully saturated rings. The van der Waals surface area contributed by atoms with Crippen LogP contribution in [0.2, 0.25) is 0 Å². The molecule has 1 N–H and O–H groups in total. The Morgan fingerprint density at radius 2 is 1.86 bits per heavy atom. The first kappa shape index (κ1) is 24.3. The zero-order valence-corrected chi connectivity index (χ0v) is 20.4. The molecule has 0 spiro atoms. The summed E-state index contributed by atoms with van der Waals surface area (Å²) >= 11 is 1.16. The van der Waals surface area contributed by atoms with E-state index in [-0.39, 0.29) is 36.2 Å². The van der Waals surface area contributed by atoms with Crippen LogP contribution in [0.4, 0.5) is 5.69 Å². The Hall–Kier alpha value is -3.85. The zero-order valence-electron chi connectivity index (χ0n) is 19.6. The molecule has 2 aromatic heterocycles. The Balaban J connectivity index is 1.45. The normalized spacial score (nSPS) is 10.9. The molecule has 0 saturated carbocycles. The number of carbonyl (C=O) groups excluding carboxylic acids is 2. The second-order valence-corrected chi connectivity index (χ2v) is 8.92. The number of anilines is 1. The van der Waals surface area contributed by atoms with E-state index in [9.17, 15) is 14.4 Å². The van der Waals surface area contributed by atoms with E-state index in [0.717, 1.165) is 29.4 Å². The Morgan fingerprint density at radius 1 is 1.09 bits per heavy atom. The Kier molecular flexibility index (Phi) is 7.67. The Morgan fingerprint density at radius 3 is 2.63 bits per heavy atom. The molecule has 0 unspecified atom stereocenters. The smallest absolute Gasteiger partial charge is 0.262 e. The predicted molar refractivity (Wildman–Crippen MR) is 137 cm³/mol. The van der Waals surface area contributed by atoms with Gasteiger partial charge in [0.25, 0.3) is 5.56 Å². The molecule has 2 aromatic carbocycles. The van der Waals surface area contributed by atoms with Crippen LogP contribution in [-0.4, -0.2) is 45.6 Å². The van der Waals surface area contributed by atoms with Crippen molar-refractivity contribution in [3.8, 4) is 0 Å². The number of rotatable bonds is 9. The van der Waals surface area contributed by atoms with E-state index in [1.54, 1.807) is 43.6 Å². The number of nitrogens with one attached hydrogen (secondary N) is 1. The standard InChI is InChI=1S/C26H26N4O4S/c1-3-18-9-4-6-12-21(18)27-23(31)16-29(2)24(32)17-35-26-28-22-13-7-5-11-20(22)25(33)30(26)15-19-10-8-14-34-19/h4-14H,3,15-17H2,1-2H3,(H,27,31). The minimum atomic E-state index is -0.273. The summed E-state index contributed by atoms with van der Waals surface area (Å²) in [5, 5.41) is 3.78. The van der Waals surface area contributed by atoms with Crippen molar-refractivity contribution in [2.75, 3.05) is 24.7 Å². The molecule has 35 heavy (non-hydrogen) atoms. The largest absolute Gasteiger partial charge is 0.467 e. The Labute approximate surface area is 207 Å². The average molecular weight is 491 g/mol. The SMILES string of the molecule is CCc1ccccc1NC(=O)CN(C)C(=O)CSc1nc2ccccc2c(=O)n1Cc1ccco1. The minimum absolute atomic E-state index is 0.0261. The van der Waals surface area contributed by atoms with Gasteiger partial charge in [-0.3, -0.25) is 19.0 Å². The van der Waals surface area contributed by atoms with Crippen LogP contribution in [0.3, 0.4) is 0 Å². The summed E-state index contributed by atoms with van der Waals surface area (Å²) in [5.41, 5.74) is 2.13. The number of aromatic nitrogens is 2. The highest BCUT2D eigenvalue weighted by Gasteiger charge is 2.18. The van der Waals surface area contributed by atoms with Crippen LogP contribution in [-0.2, 0) is 22.6 Å². The van der Waals surface area contributed by atoms with E-state index < -0.39 is 0 Å². The quantitative estimate of drug-likeness (QED) is 0.283. The van der Waals surface area contributed by atoms with Gasteiger partial charge in [-0.25, -0.2) is 4.98 Å². The molecule has 0 radical (unpaired) electrons. The highest BCUT2D eigenvalue weighted by Crippen LogP contribution is 2.20. The fraction of sp³-hybridized carbons (Fsp3) is 0.231. The predicted octanol–water partition coefficient (Wildman–Crippen LogP) is 3.79. The van der Waals surface area contributed by atoms with Gasteiger partial charge < -0.3 is 14.6 Å². The van der Waals surface area contributed by atoms with Crippen molar-refractivity contribution in [2.45, 2.75) is 25.0 Å². The number of hydrogen-bond acceptors (Lipinski definition) is 6. The molecular formula is C26H26N4O4S. The van der Waals surface area contributed by atoms with Crippen LogP contribution in [0.1, 0.15) is 18.2 Å². The van der Waals surface area contributed by atoms with Gasteiger partial charge in [0, 0.05) is 12.7 Å². The summed E-state index contributed by atoms with van der Waals surface area (Å²) in [4.78, 5) is 44.4. The van der Waals surface area contributed by atoms with Gasteiger partial charge in [-0.15, -0.1) is 0 Å².